The normalized spacial score (nSPS) is 27.9. The Kier molecular flexibility index (Phi) is 6.98. The van der Waals surface area contributed by atoms with Gasteiger partial charge in [0.05, 0.1) is 19.5 Å². The molecule has 0 aromatic carbocycles. The van der Waals surface area contributed by atoms with E-state index >= 15 is 0 Å². The number of nitrogen functional groups attached to an aromatic ring is 1. The van der Waals surface area contributed by atoms with Crippen LogP contribution >= 0.6 is 15.6 Å². The topological polar surface area (TPSA) is 242 Å². The highest BCUT2D eigenvalue weighted by atomic mass is 31.3. The lowest BCUT2D eigenvalue weighted by atomic mass is 10.1. The average molecular weight is 485 g/mol. The summed E-state index contributed by atoms with van der Waals surface area (Å²) in [6.45, 7) is 0.629. The number of H-pyrrole nitrogens is 1. The van der Waals surface area contributed by atoms with Crippen LogP contribution in [-0.2, 0) is 27.2 Å². The minimum Gasteiger partial charge on any atom is -0.387 e. The third-order valence-corrected chi connectivity index (χ3v) is 6.76. The van der Waals surface area contributed by atoms with E-state index in [1.165, 1.54) is 0 Å². The summed E-state index contributed by atoms with van der Waals surface area (Å²) in [4.78, 5) is 40.9. The van der Waals surface area contributed by atoms with E-state index in [0.29, 0.717) is 6.42 Å². The number of aliphatic hydroxyl groups is 2. The predicted octanol–water partition coefficient (Wildman–Crippen LogP) is -1.02. The Bertz CT molecular complexity index is 1090. The molecule has 18 heteroatoms. The van der Waals surface area contributed by atoms with Gasteiger partial charge in [0.1, 0.15) is 18.3 Å². The molecule has 2 aromatic heterocycles. The van der Waals surface area contributed by atoms with Gasteiger partial charge in [-0.15, -0.1) is 0 Å². The molecular weight excluding hydrogens is 464 g/mol. The lowest BCUT2D eigenvalue weighted by molar-refractivity contribution is -0.0504. The summed E-state index contributed by atoms with van der Waals surface area (Å²) >= 11 is 0. The highest BCUT2D eigenvalue weighted by Crippen LogP contribution is 2.60. The van der Waals surface area contributed by atoms with E-state index in [-0.39, 0.29) is 23.7 Å². The van der Waals surface area contributed by atoms with Crippen LogP contribution in [0.2, 0.25) is 0 Å². The van der Waals surface area contributed by atoms with E-state index in [9.17, 15) is 33.9 Å². The number of nitrogens with two attached hydrogens (primary N) is 1. The molecule has 31 heavy (non-hydrogen) atoms. The number of aromatic nitrogens is 4. The Morgan fingerprint density at radius 1 is 1.26 bits per heavy atom. The van der Waals surface area contributed by atoms with Gasteiger partial charge in [-0.1, -0.05) is 6.92 Å². The first-order valence-corrected chi connectivity index (χ1v) is 11.8. The van der Waals surface area contributed by atoms with E-state index < -0.39 is 52.4 Å². The fourth-order valence-electron chi connectivity index (χ4n) is 2.78. The van der Waals surface area contributed by atoms with Crippen LogP contribution in [0.25, 0.3) is 11.2 Å². The van der Waals surface area contributed by atoms with Gasteiger partial charge in [-0.3, -0.25) is 23.4 Å². The first-order valence-electron chi connectivity index (χ1n) is 8.84. The standard InChI is InChI=1S/C13H21N5O11P2/c1-2-3-26-30(22,23)29-31(24,25)27-4-6-8(19)9(20)12(28-6)18-5-15-7-10(18)16-13(14)17-11(7)21/h5-6,8-9,12,19-20H,2-4H2,1H3,(H,22,23)(H,24,25)(H3,14,16,17,21)/t6-,8-,9-,12-/m1/s1. The number of phosphoric ester groups is 2. The quantitative estimate of drug-likeness (QED) is 0.233. The van der Waals surface area contributed by atoms with Gasteiger partial charge < -0.3 is 30.5 Å². The average Bonchev–Trinajstić information content (AvgIpc) is 3.20. The van der Waals surface area contributed by atoms with Crippen LogP contribution in [0.15, 0.2) is 11.1 Å². The third kappa shape index (κ3) is 5.38. The van der Waals surface area contributed by atoms with Crippen LogP contribution in [0.5, 0.6) is 0 Å². The van der Waals surface area contributed by atoms with Crippen molar-refractivity contribution in [3.63, 3.8) is 0 Å². The molecule has 7 N–H and O–H groups in total. The molecule has 1 saturated heterocycles. The number of hydrogen-bond acceptors (Lipinski definition) is 12. The summed E-state index contributed by atoms with van der Waals surface area (Å²) < 4.78 is 43.3. The third-order valence-electron chi connectivity index (χ3n) is 4.13. The number of nitrogens with zero attached hydrogens (tertiary/aromatic N) is 3. The molecule has 174 valence electrons. The second kappa shape index (κ2) is 9.03. The van der Waals surface area contributed by atoms with Gasteiger partial charge in [0.2, 0.25) is 5.95 Å². The largest absolute Gasteiger partial charge is 0.481 e. The zero-order valence-electron chi connectivity index (χ0n) is 16.0. The number of imidazole rings is 1. The Labute approximate surface area is 173 Å². The molecule has 0 saturated carbocycles. The smallest absolute Gasteiger partial charge is 0.387 e. The predicted molar refractivity (Wildman–Crippen MR) is 101 cm³/mol. The second-order valence-corrected chi connectivity index (χ2v) is 9.51. The first-order chi connectivity index (χ1) is 14.4. The van der Waals surface area contributed by atoms with Gasteiger partial charge in [-0.2, -0.15) is 9.29 Å². The Balaban J connectivity index is 1.71. The molecule has 0 radical (unpaired) electrons. The van der Waals surface area contributed by atoms with Crippen molar-refractivity contribution in [3.05, 3.63) is 16.7 Å². The van der Waals surface area contributed by atoms with Crippen LogP contribution in [0.3, 0.4) is 0 Å². The van der Waals surface area contributed by atoms with E-state index in [2.05, 4.69) is 28.3 Å². The number of phosphoric acid groups is 2. The van der Waals surface area contributed by atoms with Crippen molar-refractivity contribution in [2.24, 2.45) is 0 Å². The van der Waals surface area contributed by atoms with Crippen LogP contribution in [0.4, 0.5) is 5.95 Å². The Morgan fingerprint density at radius 2 is 1.94 bits per heavy atom. The van der Waals surface area contributed by atoms with Crippen molar-refractivity contribution in [3.8, 4) is 0 Å². The number of fused-ring (bicyclic) bond motifs is 1. The number of hydrogen-bond donors (Lipinski definition) is 6. The summed E-state index contributed by atoms with van der Waals surface area (Å²) in [5.74, 6) is -0.218. The van der Waals surface area contributed by atoms with Crippen molar-refractivity contribution in [1.29, 1.82) is 0 Å². The summed E-state index contributed by atoms with van der Waals surface area (Å²) in [5, 5.41) is 20.5. The molecule has 0 spiro atoms. The van der Waals surface area contributed by atoms with Crippen molar-refractivity contribution in [2.45, 2.75) is 37.9 Å². The fraction of sp³-hybridized carbons (Fsp3) is 0.615. The second-order valence-electron chi connectivity index (χ2n) is 6.47. The molecule has 0 amide bonds. The number of anilines is 1. The van der Waals surface area contributed by atoms with E-state index in [0.717, 1.165) is 10.9 Å². The fourth-order valence-corrected chi connectivity index (χ4v) is 4.95. The maximum atomic E-state index is 11.9. The Hall–Kier alpha value is -1.71. The lowest BCUT2D eigenvalue weighted by Gasteiger charge is -2.19. The molecule has 2 aromatic rings. The number of aliphatic hydroxyl groups excluding tert-OH is 2. The van der Waals surface area contributed by atoms with Crippen LogP contribution < -0.4 is 11.3 Å². The van der Waals surface area contributed by atoms with Gasteiger partial charge in [-0.05, 0) is 6.42 Å². The zero-order chi connectivity index (χ0) is 23.0. The van der Waals surface area contributed by atoms with Crippen molar-refractivity contribution >= 4 is 32.8 Å². The lowest BCUT2D eigenvalue weighted by Crippen LogP contribution is -2.33. The van der Waals surface area contributed by atoms with E-state index in [1.807, 2.05) is 0 Å². The van der Waals surface area contributed by atoms with Crippen molar-refractivity contribution < 1.29 is 47.2 Å². The molecule has 0 aliphatic carbocycles. The number of rotatable bonds is 9. The monoisotopic (exact) mass is 485 g/mol. The summed E-state index contributed by atoms with van der Waals surface area (Å²) in [7, 11) is -9.95. The minimum atomic E-state index is -5.09. The zero-order valence-corrected chi connectivity index (χ0v) is 17.8. The van der Waals surface area contributed by atoms with E-state index in [4.69, 9.17) is 10.5 Å². The molecular formula is C13H21N5O11P2. The summed E-state index contributed by atoms with van der Waals surface area (Å²) in [6.07, 6.45) is -4.39. The summed E-state index contributed by atoms with van der Waals surface area (Å²) in [5.41, 5.74) is 4.74. The van der Waals surface area contributed by atoms with Crippen LogP contribution in [0.1, 0.15) is 19.6 Å². The van der Waals surface area contributed by atoms with Crippen molar-refractivity contribution in [1.82, 2.24) is 19.5 Å². The molecule has 2 unspecified atom stereocenters. The number of ether oxygens (including phenoxy) is 1. The SMILES string of the molecule is CCCOP(=O)(O)OP(=O)(O)OC[C@H]1O[C@@H](n2cnc3c(=O)[nH]c(N)nc32)[C@H](O)[C@@H]1O. The van der Waals surface area contributed by atoms with Gasteiger partial charge in [0.15, 0.2) is 17.4 Å². The highest BCUT2D eigenvalue weighted by molar-refractivity contribution is 7.61. The maximum absolute atomic E-state index is 11.9. The van der Waals surface area contributed by atoms with Gasteiger partial charge in [0.25, 0.3) is 5.56 Å². The number of nitrogens with one attached hydrogen (secondary N) is 1. The molecule has 1 aliphatic rings. The molecule has 6 atom stereocenters. The molecule has 3 heterocycles. The molecule has 1 fully saturated rings. The summed E-state index contributed by atoms with van der Waals surface area (Å²) in [6, 6.07) is 0. The van der Waals surface area contributed by atoms with Gasteiger partial charge in [0, 0.05) is 0 Å². The van der Waals surface area contributed by atoms with Crippen LogP contribution in [-0.4, -0.2) is 71.0 Å². The Morgan fingerprint density at radius 3 is 2.61 bits per heavy atom. The molecule has 16 nitrogen and oxygen atoms in total. The highest BCUT2D eigenvalue weighted by Gasteiger charge is 2.46. The van der Waals surface area contributed by atoms with Crippen LogP contribution in [0, 0.1) is 0 Å². The maximum Gasteiger partial charge on any atom is 0.481 e. The van der Waals surface area contributed by atoms with Gasteiger partial charge in [-0.25, -0.2) is 14.1 Å². The molecule has 1 aliphatic heterocycles. The molecule has 3 rings (SSSR count). The first kappa shape index (κ1) is 23.9. The minimum absolute atomic E-state index is 0.0375. The number of aromatic amines is 1. The van der Waals surface area contributed by atoms with E-state index in [1.54, 1.807) is 6.92 Å². The van der Waals surface area contributed by atoms with Gasteiger partial charge >= 0.3 is 15.6 Å². The van der Waals surface area contributed by atoms with Crippen molar-refractivity contribution in [2.75, 3.05) is 18.9 Å². The molecule has 0 bridgehead atoms.